The van der Waals surface area contributed by atoms with Crippen LogP contribution in [-0.2, 0) is 11.4 Å². The number of carbonyl (C=O) groups is 2. The summed E-state index contributed by atoms with van der Waals surface area (Å²) in [6, 6.07) is 17.3. The van der Waals surface area contributed by atoms with E-state index in [2.05, 4.69) is 29.8 Å². The lowest BCUT2D eigenvalue weighted by Gasteiger charge is -2.17. The number of hydrogen-bond acceptors (Lipinski definition) is 6. The van der Waals surface area contributed by atoms with Crippen LogP contribution in [0.3, 0.4) is 0 Å². The lowest BCUT2D eigenvalue weighted by molar-refractivity contribution is -0.122. The molecule has 0 spiro atoms. The van der Waals surface area contributed by atoms with E-state index in [0.717, 1.165) is 15.6 Å². The quantitative estimate of drug-likeness (QED) is 0.225. The first-order valence-electron chi connectivity index (χ1n) is 12.6. The monoisotopic (exact) mass is 642 g/mol. The summed E-state index contributed by atoms with van der Waals surface area (Å²) in [5.74, 6) is 0.224. The Labute approximate surface area is 251 Å². The van der Waals surface area contributed by atoms with Crippen LogP contribution in [0.1, 0.15) is 42.3 Å². The fourth-order valence-electron chi connectivity index (χ4n) is 3.83. The molecule has 208 valence electrons. The molecule has 3 aromatic rings. The number of amidine groups is 1. The SMILES string of the molecule is CCOc1cc(/C=C2\SC(=Nc3ccc(Cl)cc3)N(CC(C)C)C2=O)c(Br)cc1OCc1ccc(C(=O)O)cc1. The van der Waals surface area contributed by atoms with E-state index < -0.39 is 5.97 Å². The summed E-state index contributed by atoms with van der Waals surface area (Å²) in [5, 5.41) is 10.3. The predicted molar refractivity (Wildman–Crippen MR) is 164 cm³/mol. The molecule has 1 saturated heterocycles. The first-order chi connectivity index (χ1) is 19.1. The van der Waals surface area contributed by atoms with Gasteiger partial charge in [0, 0.05) is 16.0 Å². The highest BCUT2D eigenvalue weighted by Crippen LogP contribution is 2.39. The van der Waals surface area contributed by atoms with Gasteiger partial charge in [0.05, 0.1) is 22.8 Å². The minimum absolute atomic E-state index is 0.110. The molecular formula is C30H28BrClN2O5S. The van der Waals surface area contributed by atoms with Crippen LogP contribution >= 0.6 is 39.3 Å². The number of amides is 1. The first kappa shape index (κ1) is 29.7. The van der Waals surface area contributed by atoms with Crippen molar-refractivity contribution in [3.8, 4) is 11.5 Å². The summed E-state index contributed by atoms with van der Waals surface area (Å²) >= 11 is 11.0. The fraction of sp³-hybridized carbons (Fsp3) is 0.233. The Morgan fingerprint density at radius 1 is 1.10 bits per heavy atom. The van der Waals surface area contributed by atoms with Crippen LogP contribution in [0.25, 0.3) is 6.08 Å². The Kier molecular flexibility index (Phi) is 9.95. The molecule has 1 amide bonds. The molecule has 0 atom stereocenters. The molecule has 7 nitrogen and oxygen atoms in total. The minimum Gasteiger partial charge on any atom is -0.490 e. The number of thioether (sulfide) groups is 1. The molecule has 0 aliphatic carbocycles. The molecule has 40 heavy (non-hydrogen) atoms. The maximum Gasteiger partial charge on any atom is 0.335 e. The summed E-state index contributed by atoms with van der Waals surface area (Å²) in [6.07, 6.45) is 1.83. The second-order valence-electron chi connectivity index (χ2n) is 9.34. The van der Waals surface area contributed by atoms with E-state index in [0.29, 0.717) is 45.4 Å². The fourth-order valence-corrected chi connectivity index (χ4v) is 5.39. The Balaban J connectivity index is 1.61. The largest absolute Gasteiger partial charge is 0.490 e. The van der Waals surface area contributed by atoms with Crippen LogP contribution in [0.4, 0.5) is 5.69 Å². The lowest BCUT2D eigenvalue weighted by Crippen LogP contribution is -2.32. The minimum atomic E-state index is -0.977. The summed E-state index contributed by atoms with van der Waals surface area (Å²) in [7, 11) is 0. The predicted octanol–water partition coefficient (Wildman–Crippen LogP) is 8.04. The lowest BCUT2D eigenvalue weighted by atomic mass is 10.1. The number of hydrogen-bond donors (Lipinski definition) is 1. The van der Waals surface area contributed by atoms with E-state index in [9.17, 15) is 9.59 Å². The Hall–Kier alpha value is -3.27. The molecule has 0 saturated carbocycles. The average Bonchev–Trinajstić information content (AvgIpc) is 3.19. The second kappa shape index (κ2) is 13.4. The number of ether oxygens (including phenoxy) is 2. The van der Waals surface area contributed by atoms with Gasteiger partial charge in [-0.1, -0.05) is 53.5 Å². The maximum absolute atomic E-state index is 13.4. The molecular weight excluding hydrogens is 616 g/mol. The van der Waals surface area contributed by atoms with Gasteiger partial charge in [-0.15, -0.1) is 0 Å². The van der Waals surface area contributed by atoms with Crippen LogP contribution in [0.15, 0.2) is 75.0 Å². The highest BCUT2D eigenvalue weighted by atomic mass is 79.9. The third kappa shape index (κ3) is 7.47. The molecule has 1 fully saturated rings. The van der Waals surface area contributed by atoms with E-state index >= 15 is 0 Å². The van der Waals surface area contributed by atoms with Crippen LogP contribution < -0.4 is 9.47 Å². The van der Waals surface area contributed by atoms with E-state index in [1.165, 1.54) is 11.8 Å². The van der Waals surface area contributed by atoms with Gasteiger partial charge in [-0.3, -0.25) is 9.69 Å². The zero-order valence-corrected chi connectivity index (χ0v) is 25.3. The molecule has 3 aromatic carbocycles. The highest BCUT2D eigenvalue weighted by molar-refractivity contribution is 9.10. The van der Waals surface area contributed by atoms with Gasteiger partial charge in [0.2, 0.25) is 0 Å². The normalized spacial score (nSPS) is 15.3. The van der Waals surface area contributed by atoms with Crippen molar-refractivity contribution in [2.45, 2.75) is 27.4 Å². The van der Waals surface area contributed by atoms with Crippen molar-refractivity contribution in [2.75, 3.05) is 13.2 Å². The number of rotatable bonds is 10. The van der Waals surface area contributed by atoms with Gasteiger partial charge < -0.3 is 14.6 Å². The van der Waals surface area contributed by atoms with E-state index in [-0.39, 0.29) is 24.0 Å². The highest BCUT2D eigenvalue weighted by Gasteiger charge is 2.34. The summed E-state index contributed by atoms with van der Waals surface area (Å²) in [5.41, 5.74) is 2.51. The first-order valence-corrected chi connectivity index (χ1v) is 14.6. The molecule has 0 radical (unpaired) electrons. The molecule has 0 aromatic heterocycles. The van der Waals surface area contributed by atoms with Crippen molar-refractivity contribution >= 4 is 68.1 Å². The standard InChI is InChI=1S/C30H28BrClN2O5S/c1-4-38-25-13-21(24(31)15-26(25)39-17-19-5-7-20(8-6-19)29(36)37)14-27-28(35)34(16-18(2)3)30(40-27)33-23-11-9-22(32)10-12-23/h5-15,18H,4,16-17H2,1-3H3,(H,36,37)/b27-14-,33-30?. The second-order valence-corrected chi connectivity index (χ2v) is 11.6. The number of carbonyl (C=O) groups excluding carboxylic acids is 1. The Bertz CT molecular complexity index is 1460. The number of nitrogens with zero attached hydrogens (tertiary/aromatic N) is 2. The van der Waals surface area contributed by atoms with Crippen LogP contribution in [0.2, 0.25) is 5.02 Å². The summed E-state index contributed by atoms with van der Waals surface area (Å²) in [6.45, 7) is 7.20. The van der Waals surface area contributed by atoms with Crippen LogP contribution in [-0.4, -0.2) is 40.2 Å². The van der Waals surface area contributed by atoms with Gasteiger partial charge >= 0.3 is 5.97 Å². The molecule has 4 rings (SSSR count). The van der Waals surface area contributed by atoms with Crippen molar-refractivity contribution in [2.24, 2.45) is 10.9 Å². The van der Waals surface area contributed by atoms with Gasteiger partial charge in [0.15, 0.2) is 16.7 Å². The van der Waals surface area contributed by atoms with Gasteiger partial charge in [-0.25, -0.2) is 9.79 Å². The smallest absolute Gasteiger partial charge is 0.335 e. The molecule has 1 aliphatic heterocycles. The summed E-state index contributed by atoms with van der Waals surface area (Å²) < 4.78 is 12.6. The van der Waals surface area contributed by atoms with E-state index in [1.807, 2.05) is 37.3 Å². The number of carboxylic acid groups (broad SMARTS) is 1. The number of aromatic carboxylic acids is 1. The Morgan fingerprint density at radius 3 is 2.40 bits per heavy atom. The average molecular weight is 644 g/mol. The zero-order valence-electron chi connectivity index (χ0n) is 22.2. The van der Waals surface area contributed by atoms with Crippen LogP contribution in [0, 0.1) is 5.92 Å². The van der Waals surface area contributed by atoms with E-state index in [1.54, 1.807) is 41.3 Å². The molecule has 0 bridgehead atoms. The molecule has 1 aliphatic rings. The van der Waals surface area contributed by atoms with Crippen molar-refractivity contribution in [1.29, 1.82) is 0 Å². The van der Waals surface area contributed by atoms with Gasteiger partial charge in [0.25, 0.3) is 5.91 Å². The molecule has 0 unspecified atom stereocenters. The van der Waals surface area contributed by atoms with E-state index in [4.69, 9.17) is 31.2 Å². The third-order valence-electron chi connectivity index (χ3n) is 5.73. The molecule has 1 heterocycles. The topological polar surface area (TPSA) is 88.4 Å². The summed E-state index contributed by atoms with van der Waals surface area (Å²) in [4.78, 5) is 31.5. The van der Waals surface area contributed by atoms with Crippen molar-refractivity contribution in [1.82, 2.24) is 4.90 Å². The van der Waals surface area contributed by atoms with Crippen molar-refractivity contribution in [3.63, 3.8) is 0 Å². The number of benzene rings is 3. The van der Waals surface area contributed by atoms with Crippen molar-refractivity contribution < 1.29 is 24.2 Å². The Morgan fingerprint density at radius 2 is 1.77 bits per heavy atom. The number of halogens is 2. The molecule has 10 heteroatoms. The van der Waals surface area contributed by atoms with Crippen LogP contribution in [0.5, 0.6) is 11.5 Å². The number of aliphatic imine (C=N–C) groups is 1. The maximum atomic E-state index is 13.4. The van der Waals surface area contributed by atoms with Gasteiger partial charge in [-0.2, -0.15) is 0 Å². The number of carboxylic acids is 1. The van der Waals surface area contributed by atoms with Gasteiger partial charge in [-0.05, 0) is 90.3 Å². The zero-order chi connectivity index (χ0) is 28.8. The molecule has 1 N–H and O–H groups in total. The third-order valence-corrected chi connectivity index (χ3v) is 7.68. The van der Waals surface area contributed by atoms with Crippen molar-refractivity contribution in [3.05, 3.63) is 91.8 Å². The van der Waals surface area contributed by atoms with Gasteiger partial charge in [0.1, 0.15) is 6.61 Å².